The first-order chi connectivity index (χ1) is 7.97. The first kappa shape index (κ1) is 11.7. The fourth-order valence-electron chi connectivity index (χ4n) is 1.09. The van der Waals surface area contributed by atoms with Crippen molar-refractivity contribution in [3.05, 3.63) is 35.5 Å². The molecule has 2 aromatic heterocycles. The van der Waals surface area contributed by atoms with E-state index in [0.29, 0.717) is 6.07 Å². The van der Waals surface area contributed by atoms with E-state index < -0.39 is 11.9 Å². The standard InChI is InChI=1S/C9H4ClF3N4/c10-7-3-6(9(11,12)13)16-8(17-7)5-4-14-1-2-15-5/h1-4H. The molecular weight excluding hydrogens is 257 g/mol. The summed E-state index contributed by atoms with van der Waals surface area (Å²) in [5.74, 6) is -0.210. The van der Waals surface area contributed by atoms with Crippen molar-refractivity contribution >= 4 is 11.6 Å². The second-order valence-corrected chi connectivity index (χ2v) is 3.38. The molecule has 0 atom stereocenters. The molecule has 0 aliphatic rings. The van der Waals surface area contributed by atoms with Crippen LogP contribution in [-0.4, -0.2) is 19.9 Å². The molecule has 0 fully saturated rings. The molecule has 0 aliphatic carbocycles. The Hall–Kier alpha value is -1.76. The molecule has 2 heterocycles. The van der Waals surface area contributed by atoms with E-state index in [0.717, 1.165) is 0 Å². The van der Waals surface area contributed by atoms with Crippen LogP contribution >= 0.6 is 11.6 Å². The predicted molar refractivity (Wildman–Crippen MR) is 53.1 cm³/mol. The minimum absolute atomic E-state index is 0.125. The summed E-state index contributed by atoms with van der Waals surface area (Å²) in [4.78, 5) is 14.5. The van der Waals surface area contributed by atoms with E-state index in [-0.39, 0.29) is 16.7 Å². The van der Waals surface area contributed by atoms with Crippen molar-refractivity contribution < 1.29 is 13.2 Å². The van der Waals surface area contributed by atoms with Crippen molar-refractivity contribution in [3.63, 3.8) is 0 Å². The molecule has 0 N–H and O–H groups in total. The van der Waals surface area contributed by atoms with Crippen LogP contribution in [0, 0.1) is 0 Å². The van der Waals surface area contributed by atoms with E-state index in [9.17, 15) is 13.2 Å². The highest BCUT2D eigenvalue weighted by Crippen LogP contribution is 2.30. The molecule has 0 radical (unpaired) electrons. The number of hydrogen-bond donors (Lipinski definition) is 0. The van der Waals surface area contributed by atoms with Gasteiger partial charge in [0, 0.05) is 18.5 Å². The molecule has 0 aliphatic heterocycles. The maximum atomic E-state index is 12.5. The smallest absolute Gasteiger partial charge is 0.261 e. The van der Waals surface area contributed by atoms with Crippen LogP contribution in [0.3, 0.4) is 0 Å². The van der Waals surface area contributed by atoms with Gasteiger partial charge in [-0.15, -0.1) is 0 Å². The van der Waals surface area contributed by atoms with Crippen LogP contribution in [0.1, 0.15) is 5.69 Å². The van der Waals surface area contributed by atoms with Gasteiger partial charge < -0.3 is 0 Å². The zero-order valence-corrected chi connectivity index (χ0v) is 8.87. The summed E-state index contributed by atoms with van der Waals surface area (Å²) in [6.07, 6.45) is -0.610. The third-order valence-corrected chi connectivity index (χ3v) is 1.97. The average molecular weight is 261 g/mol. The molecule has 0 amide bonds. The molecule has 0 saturated heterocycles. The number of halogens is 4. The van der Waals surface area contributed by atoms with Gasteiger partial charge in [-0.3, -0.25) is 4.98 Å². The van der Waals surface area contributed by atoms with Crippen molar-refractivity contribution in [1.82, 2.24) is 19.9 Å². The predicted octanol–water partition coefficient (Wildman–Crippen LogP) is 2.61. The summed E-state index contributed by atoms with van der Waals surface area (Å²) >= 11 is 5.51. The summed E-state index contributed by atoms with van der Waals surface area (Å²) in [6.45, 7) is 0. The van der Waals surface area contributed by atoms with Gasteiger partial charge in [0.15, 0.2) is 5.82 Å². The van der Waals surface area contributed by atoms with Crippen LogP contribution in [0.15, 0.2) is 24.7 Å². The summed E-state index contributed by atoms with van der Waals surface area (Å²) in [7, 11) is 0. The van der Waals surface area contributed by atoms with Gasteiger partial charge in [0.1, 0.15) is 16.5 Å². The first-order valence-corrected chi connectivity index (χ1v) is 4.73. The van der Waals surface area contributed by atoms with Crippen LogP contribution in [-0.2, 0) is 6.18 Å². The van der Waals surface area contributed by atoms with E-state index in [1.807, 2.05) is 0 Å². The van der Waals surface area contributed by atoms with Crippen LogP contribution < -0.4 is 0 Å². The summed E-state index contributed by atoms with van der Waals surface area (Å²) < 4.78 is 37.4. The van der Waals surface area contributed by atoms with Gasteiger partial charge >= 0.3 is 6.18 Å². The molecule has 0 saturated carbocycles. The van der Waals surface area contributed by atoms with E-state index in [1.165, 1.54) is 18.6 Å². The molecular formula is C9H4ClF3N4. The molecule has 0 spiro atoms. The monoisotopic (exact) mass is 260 g/mol. The third-order valence-electron chi connectivity index (χ3n) is 1.78. The van der Waals surface area contributed by atoms with E-state index in [4.69, 9.17) is 11.6 Å². The molecule has 0 unspecified atom stereocenters. The van der Waals surface area contributed by atoms with E-state index >= 15 is 0 Å². The highest BCUT2D eigenvalue weighted by Gasteiger charge is 2.33. The lowest BCUT2D eigenvalue weighted by atomic mass is 10.3. The minimum Gasteiger partial charge on any atom is -0.261 e. The Bertz CT molecular complexity index is 530. The average Bonchev–Trinajstić information content (AvgIpc) is 2.28. The lowest BCUT2D eigenvalue weighted by molar-refractivity contribution is -0.141. The van der Waals surface area contributed by atoms with Crippen molar-refractivity contribution in [2.45, 2.75) is 6.18 Å². The SMILES string of the molecule is FC(F)(F)c1cc(Cl)nc(-c2cnccn2)n1. The minimum atomic E-state index is -4.58. The molecule has 0 aromatic carbocycles. The van der Waals surface area contributed by atoms with Crippen molar-refractivity contribution in [2.24, 2.45) is 0 Å². The van der Waals surface area contributed by atoms with Crippen molar-refractivity contribution in [3.8, 4) is 11.5 Å². The highest BCUT2D eigenvalue weighted by molar-refractivity contribution is 6.29. The Kier molecular flexibility index (Phi) is 2.93. The third kappa shape index (κ3) is 2.68. The Morgan fingerprint density at radius 2 is 1.88 bits per heavy atom. The van der Waals surface area contributed by atoms with Gasteiger partial charge in [-0.05, 0) is 0 Å². The number of alkyl halides is 3. The Morgan fingerprint density at radius 3 is 2.47 bits per heavy atom. The summed E-state index contributed by atoms with van der Waals surface area (Å²) in [6, 6.07) is 0.654. The van der Waals surface area contributed by atoms with Gasteiger partial charge in [-0.2, -0.15) is 13.2 Å². The number of aromatic nitrogens is 4. The zero-order chi connectivity index (χ0) is 12.5. The maximum Gasteiger partial charge on any atom is 0.433 e. The van der Waals surface area contributed by atoms with Crippen molar-refractivity contribution in [2.75, 3.05) is 0 Å². The van der Waals surface area contributed by atoms with E-state index in [1.54, 1.807) is 0 Å². The Labute approximate surface area is 98.5 Å². The van der Waals surface area contributed by atoms with Gasteiger partial charge in [-0.1, -0.05) is 11.6 Å². The van der Waals surface area contributed by atoms with Crippen molar-refractivity contribution in [1.29, 1.82) is 0 Å². The van der Waals surface area contributed by atoms with Gasteiger partial charge in [-0.25, -0.2) is 15.0 Å². The van der Waals surface area contributed by atoms with Gasteiger partial charge in [0.25, 0.3) is 0 Å². The molecule has 2 aromatic rings. The fraction of sp³-hybridized carbons (Fsp3) is 0.111. The number of hydrogen-bond acceptors (Lipinski definition) is 4. The largest absolute Gasteiger partial charge is 0.433 e. The quantitative estimate of drug-likeness (QED) is 0.740. The summed E-state index contributed by atoms with van der Waals surface area (Å²) in [5.41, 5.74) is -0.987. The molecule has 2 rings (SSSR count). The zero-order valence-electron chi connectivity index (χ0n) is 8.11. The van der Waals surface area contributed by atoms with Crippen LogP contribution in [0.5, 0.6) is 0 Å². The summed E-state index contributed by atoms with van der Waals surface area (Å²) in [5, 5.41) is -0.298. The van der Waals surface area contributed by atoms with Crippen LogP contribution in [0.25, 0.3) is 11.5 Å². The highest BCUT2D eigenvalue weighted by atomic mass is 35.5. The van der Waals surface area contributed by atoms with Crippen LogP contribution in [0.2, 0.25) is 5.15 Å². The lowest BCUT2D eigenvalue weighted by Gasteiger charge is -2.07. The normalized spacial score (nSPS) is 11.5. The fourth-order valence-corrected chi connectivity index (χ4v) is 1.28. The first-order valence-electron chi connectivity index (χ1n) is 4.35. The second-order valence-electron chi connectivity index (χ2n) is 2.99. The topological polar surface area (TPSA) is 51.6 Å². The van der Waals surface area contributed by atoms with Gasteiger partial charge in [0.05, 0.1) is 6.20 Å². The van der Waals surface area contributed by atoms with Gasteiger partial charge in [0.2, 0.25) is 0 Å². The lowest BCUT2D eigenvalue weighted by Crippen LogP contribution is -2.09. The molecule has 17 heavy (non-hydrogen) atoms. The molecule has 8 heteroatoms. The number of nitrogens with zero attached hydrogens (tertiary/aromatic N) is 4. The Balaban J connectivity index is 2.54. The molecule has 88 valence electrons. The maximum absolute atomic E-state index is 12.5. The molecule has 4 nitrogen and oxygen atoms in total. The van der Waals surface area contributed by atoms with Crippen LogP contribution in [0.4, 0.5) is 13.2 Å². The number of rotatable bonds is 1. The van der Waals surface area contributed by atoms with E-state index in [2.05, 4.69) is 19.9 Å². The Morgan fingerprint density at radius 1 is 1.12 bits per heavy atom. The molecule has 0 bridgehead atoms. The second kappa shape index (κ2) is 4.25.